The third-order valence-corrected chi connectivity index (χ3v) is 2.41. The Balaban J connectivity index is 2.80. The van der Waals surface area contributed by atoms with Gasteiger partial charge in [-0.25, -0.2) is 0 Å². The zero-order chi connectivity index (χ0) is 11.0. The quantitative estimate of drug-likeness (QED) is 0.551. The van der Waals surface area contributed by atoms with E-state index in [1.54, 1.807) is 7.05 Å². The van der Waals surface area contributed by atoms with Crippen LogP contribution in [0.4, 0.5) is 5.69 Å². The van der Waals surface area contributed by atoms with Crippen LogP contribution in [-0.2, 0) is 0 Å². The number of hydrogen-bond acceptors (Lipinski definition) is 3. The highest BCUT2D eigenvalue weighted by Gasteiger charge is 2.06. The molecule has 0 aliphatic rings. The van der Waals surface area contributed by atoms with Gasteiger partial charge in [0.25, 0.3) is 0 Å². The van der Waals surface area contributed by atoms with E-state index in [4.69, 9.17) is 7.85 Å². The van der Waals surface area contributed by atoms with Gasteiger partial charge in [0.2, 0.25) is 0 Å². The van der Waals surface area contributed by atoms with Gasteiger partial charge >= 0.3 is 0 Å². The fraction of sp³-hybridized carbons (Fsp3) is 0.182. The van der Waals surface area contributed by atoms with Crippen molar-refractivity contribution in [2.45, 2.75) is 6.92 Å². The van der Waals surface area contributed by atoms with E-state index in [9.17, 15) is 5.21 Å². The highest BCUT2D eigenvalue weighted by molar-refractivity contribution is 6.34. The summed E-state index contributed by atoms with van der Waals surface area (Å²) in [6.45, 7) is 1.87. The zero-order valence-electron chi connectivity index (χ0n) is 8.73. The smallest absolute Gasteiger partial charge is 0.116 e. The summed E-state index contributed by atoms with van der Waals surface area (Å²) in [5.74, 6) is 0. The van der Waals surface area contributed by atoms with E-state index in [1.165, 1.54) is 0 Å². The van der Waals surface area contributed by atoms with E-state index in [2.05, 4.69) is 4.98 Å². The summed E-state index contributed by atoms with van der Waals surface area (Å²) in [6, 6.07) is 7.40. The molecule has 15 heavy (non-hydrogen) atoms. The number of nitrogens with zero attached hydrogens (tertiary/aromatic N) is 2. The minimum Gasteiger partial charge on any atom is -0.289 e. The third kappa shape index (κ3) is 1.68. The Labute approximate surface area is 89.7 Å². The van der Waals surface area contributed by atoms with Crippen molar-refractivity contribution in [2.24, 2.45) is 0 Å². The van der Waals surface area contributed by atoms with Crippen molar-refractivity contribution in [2.75, 3.05) is 12.1 Å². The van der Waals surface area contributed by atoms with E-state index < -0.39 is 0 Å². The minimum absolute atomic E-state index is 0.636. The number of hydrogen-bond donors (Lipinski definition) is 1. The molecule has 0 atom stereocenters. The van der Waals surface area contributed by atoms with Gasteiger partial charge < -0.3 is 0 Å². The average Bonchev–Trinajstić information content (AvgIpc) is 2.18. The van der Waals surface area contributed by atoms with Crippen LogP contribution in [0.1, 0.15) is 5.69 Å². The molecule has 0 aliphatic carbocycles. The van der Waals surface area contributed by atoms with Crippen LogP contribution in [-0.4, -0.2) is 25.1 Å². The molecule has 0 saturated heterocycles. The van der Waals surface area contributed by atoms with Crippen LogP contribution in [0.25, 0.3) is 10.9 Å². The number of aryl methyl sites for hydroxylation is 1. The van der Waals surface area contributed by atoms with Crippen molar-refractivity contribution in [1.82, 2.24) is 4.98 Å². The van der Waals surface area contributed by atoms with Crippen LogP contribution < -0.4 is 10.5 Å². The summed E-state index contributed by atoms with van der Waals surface area (Å²) < 4.78 is 0. The molecule has 0 unspecified atom stereocenters. The van der Waals surface area contributed by atoms with E-state index >= 15 is 0 Å². The lowest BCUT2D eigenvalue weighted by Crippen LogP contribution is -2.13. The molecule has 0 amide bonds. The Morgan fingerprint density at radius 1 is 1.40 bits per heavy atom. The lowest BCUT2D eigenvalue weighted by molar-refractivity contribution is 0.280. The molecule has 0 aliphatic heterocycles. The summed E-state index contributed by atoms with van der Waals surface area (Å²) in [5.41, 5.74) is 2.98. The van der Waals surface area contributed by atoms with E-state index in [-0.39, 0.29) is 0 Å². The first kappa shape index (κ1) is 9.99. The predicted molar refractivity (Wildman–Crippen MR) is 62.1 cm³/mol. The first-order valence-corrected chi connectivity index (χ1v) is 4.68. The summed E-state index contributed by atoms with van der Waals surface area (Å²) in [5, 5.41) is 11.4. The average molecular weight is 198 g/mol. The largest absolute Gasteiger partial charge is 0.289 e. The Morgan fingerprint density at radius 3 is 2.80 bits per heavy atom. The van der Waals surface area contributed by atoms with Gasteiger partial charge in [-0.3, -0.25) is 15.3 Å². The van der Waals surface area contributed by atoms with Crippen LogP contribution in [0.3, 0.4) is 0 Å². The highest BCUT2D eigenvalue weighted by Crippen LogP contribution is 2.23. The second kappa shape index (κ2) is 3.55. The lowest BCUT2D eigenvalue weighted by Gasteiger charge is -2.14. The number of benzene rings is 1. The molecule has 0 bridgehead atoms. The van der Waals surface area contributed by atoms with E-state index in [0.717, 1.165) is 21.7 Å². The first-order valence-electron chi connectivity index (χ1n) is 4.68. The molecule has 1 aromatic heterocycles. The first-order chi connectivity index (χ1) is 7.09. The van der Waals surface area contributed by atoms with Crippen molar-refractivity contribution in [3.8, 4) is 0 Å². The fourth-order valence-corrected chi connectivity index (χ4v) is 1.57. The number of hydroxylamine groups is 1. The van der Waals surface area contributed by atoms with Gasteiger partial charge in [-0.05, 0) is 19.1 Å². The molecule has 1 aromatic carbocycles. The molecule has 2 radical (unpaired) electrons. The molecule has 0 fully saturated rings. The van der Waals surface area contributed by atoms with E-state index in [1.807, 2.05) is 31.2 Å². The normalized spacial score (nSPS) is 10.6. The molecule has 3 nitrogen and oxygen atoms in total. The maximum absolute atomic E-state index is 9.45. The van der Waals surface area contributed by atoms with Gasteiger partial charge in [-0.15, -0.1) is 0 Å². The van der Waals surface area contributed by atoms with Gasteiger partial charge in [-0.1, -0.05) is 17.6 Å². The van der Waals surface area contributed by atoms with Crippen LogP contribution in [0, 0.1) is 6.92 Å². The molecule has 2 rings (SSSR count). The molecule has 1 heterocycles. The monoisotopic (exact) mass is 198 g/mol. The number of anilines is 1. The number of rotatable bonds is 1. The molecular weight excluding hydrogens is 187 g/mol. The molecular formula is C11H11BN2O. The highest BCUT2D eigenvalue weighted by atomic mass is 16.5. The van der Waals surface area contributed by atoms with Crippen molar-refractivity contribution >= 4 is 29.9 Å². The molecule has 74 valence electrons. The number of aromatic nitrogens is 1. The van der Waals surface area contributed by atoms with Crippen molar-refractivity contribution in [3.63, 3.8) is 0 Å². The van der Waals surface area contributed by atoms with Crippen molar-refractivity contribution < 1.29 is 5.21 Å². The van der Waals surface area contributed by atoms with Gasteiger partial charge in [0.05, 0.1) is 11.2 Å². The lowest BCUT2D eigenvalue weighted by atomic mass is 9.93. The Morgan fingerprint density at radius 2 is 2.13 bits per heavy atom. The van der Waals surface area contributed by atoms with Crippen molar-refractivity contribution in [1.29, 1.82) is 0 Å². The molecule has 0 spiro atoms. The molecule has 2 aromatic rings. The predicted octanol–water partition coefficient (Wildman–Crippen LogP) is 1.16. The van der Waals surface area contributed by atoms with Gasteiger partial charge in [0, 0.05) is 18.1 Å². The SMILES string of the molecule is [B]c1cc2c(N(C)O)cccc2nc1C. The maximum atomic E-state index is 9.45. The second-order valence-corrected chi connectivity index (χ2v) is 3.53. The van der Waals surface area contributed by atoms with Crippen molar-refractivity contribution in [3.05, 3.63) is 30.0 Å². The Bertz CT molecular complexity index is 511. The maximum Gasteiger partial charge on any atom is 0.116 e. The summed E-state index contributed by atoms with van der Waals surface area (Å²) >= 11 is 0. The van der Waals surface area contributed by atoms with Crippen LogP contribution >= 0.6 is 0 Å². The molecule has 1 N–H and O–H groups in total. The van der Waals surface area contributed by atoms with Crippen LogP contribution in [0.2, 0.25) is 0 Å². The number of fused-ring (bicyclic) bond motifs is 1. The van der Waals surface area contributed by atoms with E-state index in [0.29, 0.717) is 11.2 Å². The molecule has 0 saturated carbocycles. The summed E-state index contributed by atoms with van der Waals surface area (Å²) in [4.78, 5) is 4.36. The van der Waals surface area contributed by atoms with Gasteiger partial charge in [-0.2, -0.15) is 0 Å². The fourth-order valence-electron chi connectivity index (χ4n) is 1.57. The molecule has 4 heteroatoms. The second-order valence-electron chi connectivity index (χ2n) is 3.53. The Hall–Kier alpha value is -1.55. The van der Waals surface area contributed by atoms with Crippen LogP contribution in [0.5, 0.6) is 0 Å². The zero-order valence-corrected chi connectivity index (χ0v) is 8.73. The van der Waals surface area contributed by atoms with Crippen LogP contribution in [0.15, 0.2) is 24.3 Å². The topological polar surface area (TPSA) is 36.4 Å². The number of pyridine rings is 1. The van der Waals surface area contributed by atoms with Gasteiger partial charge in [0.15, 0.2) is 0 Å². The van der Waals surface area contributed by atoms with Gasteiger partial charge in [0.1, 0.15) is 7.85 Å². The minimum atomic E-state index is 0.636. The summed E-state index contributed by atoms with van der Waals surface area (Å²) in [7, 11) is 7.37. The standard InChI is InChI=1S/C11H11BN2O/c1-7-9(12)6-8-10(13-7)4-3-5-11(8)14(2)15/h3-6,15H,1-2H3. The third-order valence-electron chi connectivity index (χ3n) is 2.41. The Kier molecular flexibility index (Phi) is 2.36. The summed E-state index contributed by atoms with van der Waals surface area (Å²) in [6.07, 6.45) is 0.